The molecule has 2 aromatic carbocycles. The SMILES string of the molecule is Nc1cccc2c1S(=O)(=O)C=C2COc1cccc(O)c1. The third-order valence-corrected chi connectivity index (χ3v) is 4.80. The summed E-state index contributed by atoms with van der Waals surface area (Å²) in [6.07, 6.45) is 0. The Bertz CT molecular complexity index is 841. The highest BCUT2D eigenvalue weighted by atomic mass is 32.2. The van der Waals surface area contributed by atoms with E-state index in [0.29, 0.717) is 16.9 Å². The van der Waals surface area contributed by atoms with E-state index < -0.39 is 9.84 Å². The summed E-state index contributed by atoms with van der Waals surface area (Å²) < 4.78 is 29.7. The first-order chi connectivity index (χ1) is 9.97. The van der Waals surface area contributed by atoms with Crippen molar-refractivity contribution in [2.45, 2.75) is 4.90 Å². The Morgan fingerprint density at radius 2 is 1.90 bits per heavy atom. The van der Waals surface area contributed by atoms with Crippen LogP contribution in [0.1, 0.15) is 5.56 Å². The first kappa shape index (κ1) is 13.5. The first-order valence-electron chi connectivity index (χ1n) is 6.24. The van der Waals surface area contributed by atoms with Crippen LogP contribution in [0.2, 0.25) is 0 Å². The van der Waals surface area contributed by atoms with Crippen molar-refractivity contribution in [3.8, 4) is 11.5 Å². The van der Waals surface area contributed by atoms with Gasteiger partial charge in [-0.05, 0) is 18.2 Å². The molecule has 3 rings (SSSR count). The van der Waals surface area contributed by atoms with E-state index in [1.807, 2.05) is 0 Å². The van der Waals surface area contributed by atoms with Crippen LogP contribution < -0.4 is 10.5 Å². The van der Waals surface area contributed by atoms with E-state index in [4.69, 9.17) is 10.5 Å². The molecule has 0 fully saturated rings. The van der Waals surface area contributed by atoms with Gasteiger partial charge in [0.05, 0.1) is 5.69 Å². The van der Waals surface area contributed by atoms with Gasteiger partial charge in [-0.25, -0.2) is 8.42 Å². The molecule has 0 spiro atoms. The summed E-state index contributed by atoms with van der Waals surface area (Å²) in [4.78, 5) is 0.138. The minimum atomic E-state index is -3.51. The van der Waals surface area contributed by atoms with Gasteiger partial charge < -0.3 is 15.6 Å². The fraction of sp³-hybridized carbons (Fsp3) is 0.0667. The lowest BCUT2D eigenvalue weighted by atomic mass is 10.1. The van der Waals surface area contributed by atoms with E-state index in [1.54, 1.807) is 30.3 Å². The van der Waals surface area contributed by atoms with Gasteiger partial charge >= 0.3 is 0 Å². The molecular weight excluding hydrogens is 290 g/mol. The van der Waals surface area contributed by atoms with E-state index in [9.17, 15) is 13.5 Å². The summed E-state index contributed by atoms with van der Waals surface area (Å²) >= 11 is 0. The number of rotatable bonds is 3. The number of phenols is 1. The summed E-state index contributed by atoms with van der Waals surface area (Å²) in [5, 5.41) is 10.6. The minimum absolute atomic E-state index is 0.0825. The zero-order valence-corrected chi connectivity index (χ0v) is 11.8. The van der Waals surface area contributed by atoms with Gasteiger partial charge in [-0.2, -0.15) is 0 Å². The summed E-state index contributed by atoms with van der Waals surface area (Å²) in [5.41, 5.74) is 7.09. The highest BCUT2D eigenvalue weighted by Crippen LogP contribution is 2.37. The predicted octanol–water partition coefficient (Wildman–Crippen LogP) is 2.18. The van der Waals surface area contributed by atoms with Crippen LogP contribution in [0.4, 0.5) is 5.69 Å². The molecule has 6 heteroatoms. The molecule has 0 unspecified atom stereocenters. The molecule has 1 aliphatic rings. The fourth-order valence-corrected chi connectivity index (χ4v) is 3.87. The number of hydrogen-bond donors (Lipinski definition) is 2. The van der Waals surface area contributed by atoms with Gasteiger partial charge in [0, 0.05) is 22.6 Å². The molecular formula is C15H13NO4S. The highest BCUT2D eigenvalue weighted by molar-refractivity contribution is 7.95. The Hall–Kier alpha value is -2.47. The van der Waals surface area contributed by atoms with E-state index in [0.717, 1.165) is 0 Å². The Kier molecular flexibility index (Phi) is 3.10. The molecule has 2 aromatic rings. The van der Waals surface area contributed by atoms with Crippen LogP contribution in [0.5, 0.6) is 11.5 Å². The van der Waals surface area contributed by atoms with Gasteiger partial charge in [0.25, 0.3) is 0 Å². The highest BCUT2D eigenvalue weighted by Gasteiger charge is 2.29. The second-order valence-electron chi connectivity index (χ2n) is 4.70. The normalized spacial score (nSPS) is 15.3. The van der Waals surface area contributed by atoms with Crippen molar-refractivity contribution >= 4 is 21.1 Å². The summed E-state index contributed by atoms with van der Waals surface area (Å²) in [5.74, 6) is 0.552. The lowest BCUT2D eigenvalue weighted by molar-refractivity contribution is 0.366. The first-order valence-corrected chi connectivity index (χ1v) is 7.78. The third kappa shape index (κ3) is 2.45. The average molecular weight is 303 g/mol. The maximum atomic E-state index is 12.1. The van der Waals surface area contributed by atoms with Gasteiger partial charge in [-0.15, -0.1) is 0 Å². The summed E-state index contributed by atoms with van der Waals surface area (Å²) in [6, 6.07) is 11.3. The maximum absolute atomic E-state index is 12.1. The molecule has 108 valence electrons. The molecule has 1 heterocycles. The quantitative estimate of drug-likeness (QED) is 0.848. The maximum Gasteiger partial charge on any atom is 0.202 e. The summed E-state index contributed by atoms with van der Waals surface area (Å²) in [7, 11) is -3.51. The summed E-state index contributed by atoms with van der Waals surface area (Å²) in [6.45, 7) is 0.0825. The van der Waals surface area contributed by atoms with Crippen molar-refractivity contribution in [1.29, 1.82) is 0 Å². The lowest BCUT2D eigenvalue weighted by Gasteiger charge is -2.08. The molecule has 0 aromatic heterocycles. The Morgan fingerprint density at radius 1 is 1.14 bits per heavy atom. The second kappa shape index (κ2) is 4.82. The van der Waals surface area contributed by atoms with Crippen LogP contribution in [0.15, 0.2) is 52.8 Å². The van der Waals surface area contributed by atoms with Crippen molar-refractivity contribution in [1.82, 2.24) is 0 Å². The largest absolute Gasteiger partial charge is 0.508 e. The van der Waals surface area contributed by atoms with Crippen LogP contribution in [0.25, 0.3) is 5.57 Å². The smallest absolute Gasteiger partial charge is 0.202 e. The molecule has 3 N–H and O–H groups in total. The number of anilines is 1. The lowest BCUT2D eigenvalue weighted by Crippen LogP contribution is -2.01. The molecule has 0 amide bonds. The van der Waals surface area contributed by atoms with Crippen LogP contribution in [-0.2, 0) is 9.84 Å². The molecule has 1 aliphatic heterocycles. The molecule has 21 heavy (non-hydrogen) atoms. The number of sulfone groups is 1. The number of nitrogen functional groups attached to an aromatic ring is 1. The van der Waals surface area contributed by atoms with E-state index in [1.165, 1.54) is 17.5 Å². The van der Waals surface area contributed by atoms with E-state index >= 15 is 0 Å². The van der Waals surface area contributed by atoms with Gasteiger partial charge in [-0.1, -0.05) is 18.2 Å². The molecule has 0 atom stereocenters. The molecule has 5 nitrogen and oxygen atoms in total. The average Bonchev–Trinajstić information content (AvgIpc) is 2.69. The number of aromatic hydroxyl groups is 1. The van der Waals surface area contributed by atoms with Crippen molar-refractivity contribution in [2.75, 3.05) is 12.3 Å². The third-order valence-electron chi connectivity index (χ3n) is 3.19. The second-order valence-corrected chi connectivity index (χ2v) is 6.43. The van der Waals surface area contributed by atoms with E-state index in [2.05, 4.69) is 0 Å². The van der Waals surface area contributed by atoms with Gasteiger partial charge in [0.1, 0.15) is 23.0 Å². The molecule has 0 aliphatic carbocycles. The Balaban J connectivity index is 1.90. The number of benzene rings is 2. The van der Waals surface area contributed by atoms with Gasteiger partial charge in [0.2, 0.25) is 9.84 Å². The van der Waals surface area contributed by atoms with Crippen molar-refractivity contribution in [3.63, 3.8) is 0 Å². The van der Waals surface area contributed by atoms with Crippen molar-refractivity contribution in [2.24, 2.45) is 0 Å². The number of ether oxygens (including phenoxy) is 1. The van der Waals surface area contributed by atoms with Crippen LogP contribution in [-0.4, -0.2) is 20.1 Å². The minimum Gasteiger partial charge on any atom is -0.508 e. The van der Waals surface area contributed by atoms with Crippen molar-refractivity contribution in [3.05, 3.63) is 53.4 Å². The Morgan fingerprint density at radius 3 is 2.67 bits per heavy atom. The molecule has 0 bridgehead atoms. The van der Waals surface area contributed by atoms with Crippen LogP contribution in [0, 0.1) is 0 Å². The Labute approximate surface area is 122 Å². The molecule has 0 saturated heterocycles. The zero-order chi connectivity index (χ0) is 15.0. The number of nitrogens with two attached hydrogens (primary N) is 1. The molecule has 0 radical (unpaired) electrons. The van der Waals surface area contributed by atoms with E-state index in [-0.39, 0.29) is 22.9 Å². The zero-order valence-electron chi connectivity index (χ0n) is 11.0. The monoisotopic (exact) mass is 303 g/mol. The standard InChI is InChI=1S/C15H13NO4S/c16-14-6-2-5-13-10(9-21(18,19)15(13)14)8-20-12-4-1-3-11(17)7-12/h1-7,9,17H,8,16H2. The topological polar surface area (TPSA) is 89.6 Å². The number of fused-ring (bicyclic) bond motifs is 1. The van der Waals surface area contributed by atoms with Gasteiger partial charge in [-0.3, -0.25) is 0 Å². The molecule has 0 saturated carbocycles. The van der Waals surface area contributed by atoms with Crippen LogP contribution >= 0.6 is 0 Å². The fourth-order valence-electron chi connectivity index (χ4n) is 2.28. The van der Waals surface area contributed by atoms with Gasteiger partial charge in [0.15, 0.2) is 0 Å². The van der Waals surface area contributed by atoms with Crippen molar-refractivity contribution < 1.29 is 18.3 Å². The number of hydrogen-bond acceptors (Lipinski definition) is 5. The van der Waals surface area contributed by atoms with Crippen LogP contribution in [0.3, 0.4) is 0 Å². The predicted molar refractivity (Wildman–Crippen MR) is 79.6 cm³/mol. The number of phenolic OH excluding ortho intramolecular Hbond substituents is 1.